The molecule has 2 aromatic heterocycles. The molecule has 0 saturated carbocycles. The van der Waals surface area contributed by atoms with Crippen LogP contribution in [0.15, 0.2) is 312 Å². The largest absolute Gasteiger partial charge is 0.455 e. The van der Waals surface area contributed by atoms with E-state index in [1.54, 1.807) is 0 Å². The van der Waals surface area contributed by atoms with Crippen LogP contribution in [0.2, 0.25) is 0 Å². The first-order chi connectivity index (χ1) is 51.4. The number of fused-ring (bicyclic) bond motifs is 11. The zero-order valence-electron chi connectivity index (χ0n) is 62.8. The Labute approximate surface area is 626 Å². The number of nitrogens with zero attached hydrogens (tertiary/aromatic N) is 2. The molecular weight excluding hydrogens is 1310 g/mol. The number of furan rings is 2. The molecule has 0 bridgehead atoms. The SMILES string of the molecule is CC(C)(C)c1ccc(N(c2cc(-c3ccccc3)ccc2-c2ccccc2)c2cc3c(c4c2oc2cc(F)ccc24)-c2c(c(F)c(N(c4ccc(C(C)(C)C)cc4)c4cc(-c5ccccc5)ccc4-c4ccccc4)c4c2oc2ccccc24)C3(c2ccc(C(C)(C)C)cc2)c2ccc(C(C)(C)C)cc2)cc1. The Morgan fingerprint density at radius 2 is 0.710 bits per heavy atom. The van der Waals surface area contributed by atoms with E-state index in [0.717, 1.165) is 117 Å². The number of hydrogen-bond donors (Lipinski definition) is 0. The van der Waals surface area contributed by atoms with E-state index in [9.17, 15) is 0 Å². The van der Waals surface area contributed by atoms with Gasteiger partial charge >= 0.3 is 0 Å². The van der Waals surface area contributed by atoms with Gasteiger partial charge in [-0.25, -0.2) is 8.78 Å². The second-order valence-corrected chi connectivity index (χ2v) is 33.1. The van der Waals surface area contributed by atoms with Gasteiger partial charge in [-0.2, -0.15) is 0 Å². The van der Waals surface area contributed by atoms with Crippen LogP contribution in [0, 0.1) is 11.6 Å². The average molecular weight is 1400 g/mol. The second kappa shape index (κ2) is 25.7. The third-order valence-electron chi connectivity index (χ3n) is 22.1. The van der Waals surface area contributed by atoms with E-state index >= 15 is 8.78 Å². The van der Waals surface area contributed by atoms with Gasteiger partial charge in [-0.05, 0) is 155 Å². The number of halogens is 2. The van der Waals surface area contributed by atoms with Crippen LogP contribution in [0.3, 0.4) is 0 Å². The molecule has 0 fully saturated rings. The first-order valence-electron chi connectivity index (χ1n) is 37.3. The second-order valence-electron chi connectivity index (χ2n) is 33.1. The van der Waals surface area contributed by atoms with E-state index in [2.05, 4.69) is 342 Å². The van der Waals surface area contributed by atoms with Gasteiger partial charge in [0.25, 0.3) is 0 Å². The molecule has 4 nitrogen and oxygen atoms in total. The molecule has 0 amide bonds. The van der Waals surface area contributed by atoms with Gasteiger partial charge in [-0.3, -0.25) is 0 Å². The van der Waals surface area contributed by atoms with Crippen molar-refractivity contribution in [3.05, 3.63) is 359 Å². The fraction of sp³-hybridized carbons (Fsp3) is 0.168. The standard InChI is InChI=1S/C101H86F2N2O2/c1-97(2,3)69-39-43-73(44-40-69)101(74-45-41-70(42-46-74)98(4,5)6)82-62-85(104(76-52-47-71(48-53-76)99(7,8)9)83-59-67(63-27-17-13-18-28-63)37-56-78(83)65-31-21-15-22-32-65)95-88(81-58-51-75(102)61-87(81)107-95)90(82)91-92(101)93(103)94(89-80-35-25-26-36-86(80)106-96(89)91)105(77-54-49-72(50-55-77)100(10,11)12)84-60-68(64-29-19-14-20-30-64)38-57-79(84)66-33-23-16-24-34-66/h13-62H,1-12H3. The van der Waals surface area contributed by atoms with Gasteiger partial charge in [0, 0.05) is 61.4 Å². The monoisotopic (exact) mass is 1400 g/mol. The van der Waals surface area contributed by atoms with Crippen molar-refractivity contribution in [2.45, 2.75) is 110 Å². The minimum atomic E-state index is -1.53. The fourth-order valence-electron chi connectivity index (χ4n) is 16.5. The predicted octanol–water partition coefficient (Wildman–Crippen LogP) is 28.9. The topological polar surface area (TPSA) is 32.8 Å². The zero-order chi connectivity index (χ0) is 74.1. The summed E-state index contributed by atoms with van der Waals surface area (Å²) >= 11 is 0. The van der Waals surface area contributed by atoms with Crippen molar-refractivity contribution in [3.8, 4) is 55.6 Å². The van der Waals surface area contributed by atoms with Crippen LogP contribution in [0.1, 0.15) is 128 Å². The van der Waals surface area contributed by atoms with E-state index in [1.807, 2.05) is 42.5 Å². The van der Waals surface area contributed by atoms with Crippen molar-refractivity contribution in [3.63, 3.8) is 0 Å². The van der Waals surface area contributed by atoms with E-state index in [-0.39, 0.29) is 21.7 Å². The molecule has 6 heteroatoms. The van der Waals surface area contributed by atoms with Crippen LogP contribution in [0.5, 0.6) is 0 Å². The minimum Gasteiger partial charge on any atom is -0.455 e. The van der Waals surface area contributed by atoms with E-state index in [4.69, 9.17) is 8.83 Å². The summed E-state index contributed by atoms with van der Waals surface area (Å²) in [6.45, 7) is 26.8. The maximum atomic E-state index is 22.4. The van der Waals surface area contributed by atoms with Crippen molar-refractivity contribution >= 4 is 78.0 Å². The van der Waals surface area contributed by atoms with Gasteiger partial charge in [-0.15, -0.1) is 0 Å². The summed E-state index contributed by atoms with van der Waals surface area (Å²) in [6.07, 6.45) is 0. The Bertz CT molecular complexity index is 6010. The first kappa shape index (κ1) is 68.3. The molecule has 0 N–H and O–H groups in total. The Morgan fingerprint density at radius 1 is 0.308 bits per heavy atom. The average Bonchev–Trinajstić information content (AvgIpc) is 1.49. The van der Waals surface area contributed by atoms with Gasteiger partial charge < -0.3 is 18.6 Å². The molecule has 16 aromatic rings. The highest BCUT2D eigenvalue weighted by Gasteiger charge is 2.53. The van der Waals surface area contributed by atoms with Crippen LogP contribution in [-0.4, -0.2) is 0 Å². The Morgan fingerprint density at radius 3 is 1.18 bits per heavy atom. The van der Waals surface area contributed by atoms with Gasteiger partial charge in [0.1, 0.15) is 22.6 Å². The van der Waals surface area contributed by atoms with Crippen molar-refractivity contribution in [2.24, 2.45) is 0 Å². The maximum absolute atomic E-state index is 22.4. The number of hydrogen-bond acceptors (Lipinski definition) is 4. The summed E-state index contributed by atoms with van der Waals surface area (Å²) in [4.78, 5) is 4.53. The molecule has 14 aromatic carbocycles. The van der Waals surface area contributed by atoms with Crippen molar-refractivity contribution in [1.29, 1.82) is 0 Å². The summed E-state index contributed by atoms with van der Waals surface area (Å²) in [5.41, 5.74) is 20.3. The summed E-state index contributed by atoms with van der Waals surface area (Å²) in [5.74, 6) is -0.889. The highest BCUT2D eigenvalue weighted by molar-refractivity contribution is 6.26. The Kier molecular flexibility index (Phi) is 16.4. The molecule has 0 atom stereocenters. The van der Waals surface area contributed by atoms with Gasteiger partial charge in [0.05, 0.1) is 33.6 Å². The first-order valence-corrected chi connectivity index (χ1v) is 37.3. The van der Waals surface area contributed by atoms with Crippen LogP contribution in [-0.2, 0) is 27.1 Å². The van der Waals surface area contributed by atoms with E-state index in [1.165, 1.54) is 12.1 Å². The van der Waals surface area contributed by atoms with Gasteiger partial charge in [0.15, 0.2) is 11.4 Å². The molecule has 0 spiro atoms. The Balaban J connectivity index is 1.11. The highest BCUT2D eigenvalue weighted by atomic mass is 19.1. The van der Waals surface area contributed by atoms with E-state index < -0.39 is 17.0 Å². The minimum absolute atomic E-state index is 0.184. The number of para-hydroxylation sites is 1. The molecular formula is C101H86F2N2O2. The molecule has 0 radical (unpaired) electrons. The summed E-state index contributed by atoms with van der Waals surface area (Å²) < 4.78 is 54.4. The maximum Gasteiger partial charge on any atom is 0.160 e. The summed E-state index contributed by atoms with van der Waals surface area (Å²) in [6, 6.07) is 106. The fourth-order valence-corrected chi connectivity index (χ4v) is 16.5. The zero-order valence-corrected chi connectivity index (χ0v) is 62.8. The van der Waals surface area contributed by atoms with Crippen LogP contribution >= 0.6 is 0 Å². The van der Waals surface area contributed by atoms with Crippen molar-refractivity contribution < 1.29 is 17.6 Å². The molecule has 0 saturated heterocycles. The summed E-state index contributed by atoms with van der Waals surface area (Å²) in [5, 5.41) is 2.69. The molecule has 0 aliphatic heterocycles. The lowest BCUT2D eigenvalue weighted by molar-refractivity contribution is 0.580. The van der Waals surface area contributed by atoms with Crippen LogP contribution in [0.4, 0.5) is 42.9 Å². The normalized spacial score (nSPS) is 13.0. The Hall–Kier alpha value is -11.9. The molecule has 526 valence electrons. The molecule has 0 unspecified atom stereocenters. The molecule has 2 heterocycles. The number of anilines is 6. The lowest BCUT2D eigenvalue weighted by atomic mass is 9.66. The third kappa shape index (κ3) is 11.6. The quantitative estimate of drug-likeness (QED) is 0.122. The van der Waals surface area contributed by atoms with Gasteiger partial charge in [-0.1, -0.05) is 320 Å². The van der Waals surface area contributed by atoms with Crippen LogP contribution < -0.4 is 9.80 Å². The molecule has 17 rings (SSSR count). The number of benzene rings is 14. The van der Waals surface area contributed by atoms with Crippen molar-refractivity contribution in [1.82, 2.24) is 0 Å². The lowest BCUT2D eigenvalue weighted by Crippen LogP contribution is -2.31. The predicted molar refractivity (Wildman–Crippen MR) is 444 cm³/mol. The van der Waals surface area contributed by atoms with Gasteiger partial charge in [0.2, 0.25) is 0 Å². The molecule has 107 heavy (non-hydrogen) atoms. The van der Waals surface area contributed by atoms with Crippen LogP contribution in [0.25, 0.3) is 99.5 Å². The highest BCUT2D eigenvalue weighted by Crippen LogP contribution is 2.66. The van der Waals surface area contributed by atoms with Crippen molar-refractivity contribution in [2.75, 3.05) is 9.80 Å². The molecule has 1 aliphatic rings. The summed E-state index contributed by atoms with van der Waals surface area (Å²) in [7, 11) is 0. The van der Waals surface area contributed by atoms with E-state index in [0.29, 0.717) is 61.0 Å². The lowest BCUT2D eigenvalue weighted by Gasteiger charge is -2.37. The number of rotatable bonds is 12. The third-order valence-corrected chi connectivity index (χ3v) is 22.1. The molecule has 1 aliphatic carbocycles. The smallest absolute Gasteiger partial charge is 0.160 e.